The highest BCUT2D eigenvalue weighted by Gasteiger charge is 2.51. The van der Waals surface area contributed by atoms with Gasteiger partial charge in [0.25, 0.3) is 5.72 Å². The molecular weight excluding hydrogens is 186 g/mol. The number of Topliss-reactive ketones (excluding diaryl/α,β-unsaturated/α-hetero) is 1. The van der Waals surface area contributed by atoms with E-state index in [2.05, 4.69) is 0 Å². The molecule has 0 saturated heterocycles. The number of carbonyl (C=O) groups excluding carboxylic acids is 1. The van der Waals surface area contributed by atoms with Crippen LogP contribution in [0.1, 0.15) is 13.8 Å². The van der Waals surface area contributed by atoms with Gasteiger partial charge in [0.2, 0.25) is 0 Å². The summed E-state index contributed by atoms with van der Waals surface area (Å²) in [5.74, 6) is 0.651. The third-order valence-electron chi connectivity index (χ3n) is 2.30. The molecule has 1 aliphatic rings. The van der Waals surface area contributed by atoms with E-state index < -0.39 is 11.8 Å². The van der Waals surface area contributed by atoms with Gasteiger partial charge in [-0.15, -0.1) is 0 Å². The SMILES string of the molecule is COC1=C(C)OC(N)(C(C)=O)C1OC. The van der Waals surface area contributed by atoms with E-state index in [-0.39, 0.29) is 5.78 Å². The molecule has 2 atom stereocenters. The third kappa shape index (κ3) is 1.38. The third-order valence-corrected chi connectivity index (χ3v) is 2.30. The van der Waals surface area contributed by atoms with Crippen molar-refractivity contribution in [1.82, 2.24) is 0 Å². The number of allylic oxidation sites excluding steroid dienone is 1. The lowest BCUT2D eigenvalue weighted by molar-refractivity contribution is -0.146. The van der Waals surface area contributed by atoms with Crippen LogP contribution in [-0.4, -0.2) is 31.8 Å². The molecule has 5 nitrogen and oxygen atoms in total. The number of hydrogen-bond acceptors (Lipinski definition) is 5. The van der Waals surface area contributed by atoms with Gasteiger partial charge in [0.05, 0.1) is 7.11 Å². The van der Waals surface area contributed by atoms with Gasteiger partial charge in [0.15, 0.2) is 17.6 Å². The van der Waals surface area contributed by atoms with Crippen LogP contribution in [0, 0.1) is 0 Å². The molecule has 0 aromatic heterocycles. The van der Waals surface area contributed by atoms with E-state index in [4.69, 9.17) is 19.9 Å². The van der Waals surface area contributed by atoms with Crippen LogP contribution < -0.4 is 5.73 Å². The van der Waals surface area contributed by atoms with Crippen molar-refractivity contribution in [3.63, 3.8) is 0 Å². The van der Waals surface area contributed by atoms with E-state index in [0.717, 1.165) is 0 Å². The van der Waals surface area contributed by atoms with E-state index >= 15 is 0 Å². The summed E-state index contributed by atoms with van der Waals surface area (Å²) >= 11 is 0. The van der Waals surface area contributed by atoms with Gasteiger partial charge in [0.1, 0.15) is 5.76 Å². The fourth-order valence-electron chi connectivity index (χ4n) is 1.53. The van der Waals surface area contributed by atoms with Crippen molar-refractivity contribution in [1.29, 1.82) is 0 Å². The van der Waals surface area contributed by atoms with Crippen LogP contribution in [0.25, 0.3) is 0 Å². The Hall–Kier alpha value is -1.07. The average molecular weight is 201 g/mol. The molecule has 0 amide bonds. The summed E-state index contributed by atoms with van der Waals surface area (Å²) in [6.07, 6.45) is -0.676. The minimum Gasteiger partial charge on any atom is -0.495 e. The Kier molecular flexibility index (Phi) is 2.82. The zero-order chi connectivity index (χ0) is 10.9. The van der Waals surface area contributed by atoms with Crippen molar-refractivity contribution >= 4 is 5.78 Å². The first kappa shape index (κ1) is 11.0. The molecule has 0 fully saturated rings. The van der Waals surface area contributed by atoms with Gasteiger partial charge in [-0.3, -0.25) is 10.5 Å². The predicted octanol–water partition coefficient (Wildman–Crippen LogP) is 0.153. The van der Waals surface area contributed by atoms with Crippen molar-refractivity contribution in [2.75, 3.05) is 14.2 Å². The molecule has 0 saturated carbocycles. The molecular formula is C9H15NO4. The molecule has 5 heteroatoms. The molecule has 2 unspecified atom stereocenters. The lowest BCUT2D eigenvalue weighted by Crippen LogP contribution is -2.56. The second-order valence-corrected chi connectivity index (χ2v) is 3.19. The van der Waals surface area contributed by atoms with Crippen LogP contribution in [0.4, 0.5) is 0 Å². The molecule has 80 valence electrons. The Balaban J connectivity index is 3.05. The van der Waals surface area contributed by atoms with Gasteiger partial charge in [-0.05, 0) is 6.92 Å². The number of rotatable bonds is 3. The molecule has 2 N–H and O–H groups in total. The van der Waals surface area contributed by atoms with E-state index in [9.17, 15) is 4.79 Å². The van der Waals surface area contributed by atoms with Crippen LogP contribution in [0.2, 0.25) is 0 Å². The highest BCUT2D eigenvalue weighted by molar-refractivity contribution is 5.86. The number of hydrogen-bond donors (Lipinski definition) is 1. The topological polar surface area (TPSA) is 70.8 Å². The number of methoxy groups -OCH3 is 2. The molecule has 1 rings (SSSR count). The van der Waals surface area contributed by atoms with Gasteiger partial charge in [-0.25, -0.2) is 0 Å². The summed E-state index contributed by atoms with van der Waals surface area (Å²) in [6.45, 7) is 3.04. The molecule has 0 aliphatic carbocycles. The van der Waals surface area contributed by atoms with E-state index in [0.29, 0.717) is 11.5 Å². The summed E-state index contributed by atoms with van der Waals surface area (Å²) in [4.78, 5) is 11.3. The fourth-order valence-corrected chi connectivity index (χ4v) is 1.53. The molecule has 0 spiro atoms. The Morgan fingerprint density at radius 2 is 2.14 bits per heavy atom. The summed E-state index contributed by atoms with van der Waals surface area (Å²) in [5, 5.41) is 0. The first-order valence-corrected chi connectivity index (χ1v) is 4.23. The first-order chi connectivity index (χ1) is 6.47. The fraction of sp³-hybridized carbons (Fsp3) is 0.667. The van der Waals surface area contributed by atoms with Crippen molar-refractivity contribution in [3.8, 4) is 0 Å². The number of ether oxygens (including phenoxy) is 3. The molecule has 14 heavy (non-hydrogen) atoms. The van der Waals surface area contributed by atoms with Crippen molar-refractivity contribution in [2.45, 2.75) is 25.7 Å². The summed E-state index contributed by atoms with van der Waals surface area (Å²) < 4.78 is 15.5. The maximum absolute atomic E-state index is 11.3. The largest absolute Gasteiger partial charge is 0.495 e. The van der Waals surface area contributed by atoms with Crippen LogP contribution in [-0.2, 0) is 19.0 Å². The standard InChI is InChI=1S/C9H15NO4/c1-5-7(12-3)8(13-4)9(10,14-5)6(2)11/h8H,10H2,1-4H3. The highest BCUT2D eigenvalue weighted by Crippen LogP contribution is 2.33. The smallest absolute Gasteiger partial charge is 0.250 e. The maximum atomic E-state index is 11.3. The number of ketones is 1. The first-order valence-electron chi connectivity index (χ1n) is 4.23. The van der Waals surface area contributed by atoms with Crippen molar-refractivity contribution in [2.24, 2.45) is 5.73 Å². The lowest BCUT2D eigenvalue weighted by Gasteiger charge is -2.27. The Bertz CT molecular complexity index is 287. The van der Waals surface area contributed by atoms with Gasteiger partial charge >= 0.3 is 0 Å². The Morgan fingerprint density at radius 1 is 1.57 bits per heavy atom. The Labute approximate surface area is 82.8 Å². The predicted molar refractivity (Wildman–Crippen MR) is 49.2 cm³/mol. The summed E-state index contributed by atoms with van der Waals surface area (Å²) in [5.41, 5.74) is 4.34. The molecule has 1 heterocycles. The second-order valence-electron chi connectivity index (χ2n) is 3.19. The maximum Gasteiger partial charge on any atom is 0.250 e. The molecule has 0 aromatic rings. The second kappa shape index (κ2) is 3.59. The van der Waals surface area contributed by atoms with Crippen LogP contribution in [0.5, 0.6) is 0 Å². The molecule has 0 bridgehead atoms. The van der Waals surface area contributed by atoms with Crippen LogP contribution >= 0.6 is 0 Å². The Morgan fingerprint density at radius 3 is 2.50 bits per heavy atom. The number of carbonyl (C=O) groups is 1. The van der Waals surface area contributed by atoms with Crippen molar-refractivity contribution in [3.05, 3.63) is 11.5 Å². The van der Waals surface area contributed by atoms with Crippen molar-refractivity contribution < 1.29 is 19.0 Å². The summed E-state index contributed by atoms with van der Waals surface area (Å²) in [7, 11) is 2.94. The van der Waals surface area contributed by atoms with E-state index in [1.807, 2.05) is 0 Å². The van der Waals surface area contributed by atoms with Crippen LogP contribution in [0.15, 0.2) is 11.5 Å². The zero-order valence-corrected chi connectivity index (χ0v) is 8.79. The highest BCUT2D eigenvalue weighted by atomic mass is 16.6. The monoisotopic (exact) mass is 201 g/mol. The van der Waals surface area contributed by atoms with E-state index in [1.165, 1.54) is 21.1 Å². The van der Waals surface area contributed by atoms with E-state index in [1.54, 1.807) is 6.92 Å². The van der Waals surface area contributed by atoms with Gasteiger partial charge in [0, 0.05) is 14.0 Å². The normalized spacial score (nSPS) is 31.6. The minimum atomic E-state index is -1.45. The van der Waals surface area contributed by atoms with Gasteiger partial charge in [-0.1, -0.05) is 0 Å². The minimum absolute atomic E-state index is 0.296. The zero-order valence-electron chi connectivity index (χ0n) is 8.79. The average Bonchev–Trinajstić information content (AvgIpc) is 2.37. The number of nitrogens with two attached hydrogens (primary N) is 1. The molecule has 0 aromatic carbocycles. The van der Waals surface area contributed by atoms with Crippen LogP contribution in [0.3, 0.4) is 0 Å². The molecule has 0 radical (unpaired) electrons. The quantitative estimate of drug-likeness (QED) is 0.704. The summed E-state index contributed by atoms with van der Waals surface area (Å²) in [6, 6.07) is 0. The van der Waals surface area contributed by atoms with Gasteiger partial charge in [-0.2, -0.15) is 0 Å². The molecule has 1 aliphatic heterocycles. The van der Waals surface area contributed by atoms with Gasteiger partial charge < -0.3 is 14.2 Å². The lowest BCUT2D eigenvalue weighted by atomic mass is 10.0.